The van der Waals surface area contributed by atoms with Crippen molar-refractivity contribution in [2.45, 2.75) is 39.0 Å². The van der Waals surface area contributed by atoms with E-state index in [0.717, 1.165) is 32.4 Å². The van der Waals surface area contributed by atoms with Crippen LogP contribution >= 0.6 is 0 Å². The lowest BCUT2D eigenvalue weighted by Gasteiger charge is -2.35. The lowest BCUT2D eigenvalue weighted by molar-refractivity contribution is -0.151. The van der Waals surface area contributed by atoms with E-state index in [1.807, 2.05) is 6.92 Å². The van der Waals surface area contributed by atoms with Crippen LogP contribution in [0.2, 0.25) is 0 Å². The van der Waals surface area contributed by atoms with E-state index >= 15 is 0 Å². The van der Waals surface area contributed by atoms with Gasteiger partial charge in [0.25, 0.3) is 0 Å². The Bertz CT molecular complexity index is 347. The first-order chi connectivity index (χ1) is 9.05. The molecule has 1 unspecified atom stereocenters. The van der Waals surface area contributed by atoms with Crippen LogP contribution in [-0.2, 0) is 9.59 Å². The highest BCUT2D eigenvalue weighted by Gasteiger charge is 2.40. The van der Waals surface area contributed by atoms with Gasteiger partial charge in [0, 0.05) is 12.5 Å². The number of hydrogen-bond donors (Lipinski definition) is 3. The molecule has 0 aromatic carbocycles. The van der Waals surface area contributed by atoms with Gasteiger partial charge in [0.1, 0.15) is 0 Å². The van der Waals surface area contributed by atoms with Gasteiger partial charge < -0.3 is 15.7 Å². The van der Waals surface area contributed by atoms with Crippen LogP contribution in [0.1, 0.15) is 39.0 Å². The van der Waals surface area contributed by atoms with Crippen molar-refractivity contribution >= 4 is 11.9 Å². The molecule has 2 aliphatic rings. The van der Waals surface area contributed by atoms with Gasteiger partial charge >= 0.3 is 5.97 Å². The predicted molar refractivity (Wildman–Crippen MR) is 71.7 cm³/mol. The molecule has 2 fully saturated rings. The second kappa shape index (κ2) is 5.90. The van der Waals surface area contributed by atoms with Gasteiger partial charge in [-0.3, -0.25) is 9.59 Å². The number of rotatable bonds is 5. The summed E-state index contributed by atoms with van der Waals surface area (Å²) in [5.74, 6) is -0.397. The largest absolute Gasteiger partial charge is 0.481 e. The molecule has 108 valence electrons. The van der Waals surface area contributed by atoms with Gasteiger partial charge in [-0.25, -0.2) is 0 Å². The molecule has 19 heavy (non-hydrogen) atoms. The molecule has 2 rings (SSSR count). The number of nitrogens with one attached hydrogen (secondary N) is 2. The Balaban J connectivity index is 1.87. The third-order valence-electron chi connectivity index (χ3n) is 4.80. The van der Waals surface area contributed by atoms with E-state index in [0.29, 0.717) is 18.8 Å². The number of amides is 1. The number of aliphatic carboxylic acids is 1. The van der Waals surface area contributed by atoms with Crippen molar-refractivity contribution in [1.82, 2.24) is 10.6 Å². The van der Waals surface area contributed by atoms with Gasteiger partial charge in [-0.15, -0.1) is 0 Å². The highest BCUT2D eigenvalue weighted by Crippen LogP contribution is 2.36. The van der Waals surface area contributed by atoms with Gasteiger partial charge in [0.2, 0.25) is 5.91 Å². The van der Waals surface area contributed by atoms with E-state index in [9.17, 15) is 14.7 Å². The highest BCUT2D eigenvalue weighted by atomic mass is 16.4. The minimum absolute atomic E-state index is 0.00213. The van der Waals surface area contributed by atoms with Crippen molar-refractivity contribution in [2.24, 2.45) is 17.3 Å². The van der Waals surface area contributed by atoms with Crippen LogP contribution in [0.3, 0.4) is 0 Å². The molecule has 0 radical (unpaired) electrons. The first-order valence-corrected chi connectivity index (χ1v) is 7.27. The Labute approximate surface area is 114 Å². The molecule has 1 amide bonds. The van der Waals surface area contributed by atoms with E-state index in [2.05, 4.69) is 10.6 Å². The Morgan fingerprint density at radius 3 is 2.42 bits per heavy atom. The molecule has 1 aliphatic heterocycles. The minimum Gasteiger partial charge on any atom is -0.481 e. The average molecular weight is 268 g/mol. The molecule has 1 heterocycles. The van der Waals surface area contributed by atoms with Crippen LogP contribution in [0.25, 0.3) is 0 Å². The van der Waals surface area contributed by atoms with E-state index in [4.69, 9.17) is 0 Å². The van der Waals surface area contributed by atoms with E-state index in [1.54, 1.807) is 0 Å². The standard InChI is InChI=1S/C14H24N2O3/c1-10(11-7-15-8-11)12(17)16-9-14(13(18)19)5-3-2-4-6-14/h10-11,15H,2-9H2,1H3,(H,16,17)(H,18,19). The molecule has 0 bridgehead atoms. The van der Waals surface area contributed by atoms with Crippen LogP contribution in [-0.4, -0.2) is 36.6 Å². The zero-order chi connectivity index (χ0) is 13.9. The molecule has 1 saturated carbocycles. The number of carboxylic acid groups (broad SMARTS) is 1. The summed E-state index contributed by atoms with van der Waals surface area (Å²) in [6.45, 7) is 3.98. The molecule has 1 saturated heterocycles. The summed E-state index contributed by atoms with van der Waals surface area (Å²) in [4.78, 5) is 23.6. The van der Waals surface area contributed by atoms with Crippen molar-refractivity contribution in [3.05, 3.63) is 0 Å². The van der Waals surface area contributed by atoms with Crippen molar-refractivity contribution in [3.63, 3.8) is 0 Å². The number of carboxylic acids is 1. The van der Waals surface area contributed by atoms with E-state index in [1.165, 1.54) is 0 Å². The van der Waals surface area contributed by atoms with Crippen LogP contribution in [0, 0.1) is 17.3 Å². The van der Waals surface area contributed by atoms with E-state index < -0.39 is 11.4 Å². The van der Waals surface area contributed by atoms with Gasteiger partial charge in [-0.2, -0.15) is 0 Å². The average Bonchev–Trinajstić information content (AvgIpc) is 2.34. The Morgan fingerprint density at radius 1 is 1.32 bits per heavy atom. The van der Waals surface area contributed by atoms with Gasteiger partial charge in [0.15, 0.2) is 0 Å². The zero-order valence-electron chi connectivity index (χ0n) is 11.6. The third kappa shape index (κ3) is 3.08. The zero-order valence-corrected chi connectivity index (χ0v) is 11.6. The van der Waals surface area contributed by atoms with Crippen LogP contribution in [0.5, 0.6) is 0 Å². The molecule has 1 atom stereocenters. The summed E-state index contributed by atoms with van der Waals surface area (Å²) in [5, 5.41) is 15.5. The number of hydrogen-bond acceptors (Lipinski definition) is 3. The minimum atomic E-state index is -0.759. The van der Waals surface area contributed by atoms with Crippen molar-refractivity contribution in [3.8, 4) is 0 Å². The first kappa shape index (κ1) is 14.3. The normalized spacial score (nSPS) is 24.3. The molecule has 3 N–H and O–H groups in total. The monoisotopic (exact) mass is 268 g/mol. The fourth-order valence-electron chi connectivity index (χ4n) is 2.99. The molecule has 0 aromatic heterocycles. The Kier molecular flexibility index (Phi) is 4.45. The molecule has 0 spiro atoms. The maximum Gasteiger partial charge on any atom is 0.311 e. The summed E-state index contributed by atoms with van der Waals surface area (Å²) in [7, 11) is 0. The molecule has 5 heteroatoms. The molecule has 5 nitrogen and oxygen atoms in total. The predicted octanol–water partition coefficient (Wildman–Crippen LogP) is 0.993. The fourth-order valence-corrected chi connectivity index (χ4v) is 2.99. The lowest BCUT2D eigenvalue weighted by atomic mass is 9.74. The smallest absolute Gasteiger partial charge is 0.311 e. The van der Waals surface area contributed by atoms with Crippen molar-refractivity contribution in [2.75, 3.05) is 19.6 Å². The highest BCUT2D eigenvalue weighted by molar-refractivity contribution is 5.80. The Morgan fingerprint density at radius 2 is 1.95 bits per heavy atom. The van der Waals surface area contributed by atoms with Gasteiger partial charge in [0.05, 0.1) is 5.41 Å². The number of carbonyl (C=O) groups is 2. The summed E-state index contributed by atoms with van der Waals surface area (Å²) >= 11 is 0. The second-order valence-electron chi connectivity index (χ2n) is 6.07. The molecular weight excluding hydrogens is 244 g/mol. The van der Waals surface area contributed by atoms with Crippen LogP contribution in [0.4, 0.5) is 0 Å². The summed E-state index contributed by atoms with van der Waals surface area (Å²) in [6.07, 6.45) is 4.37. The topological polar surface area (TPSA) is 78.4 Å². The lowest BCUT2D eigenvalue weighted by Crippen LogP contribution is -2.51. The van der Waals surface area contributed by atoms with Gasteiger partial charge in [-0.1, -0.05) is 26.2 Å². The molecule has 0 aromatic rings. The Hall–Kier alpha value is -1.10. The number of carbonyl (C=O) groups excluding carboxylic acids is 1. The second-order valence-corrected chi connectivity index (χ2v) is 6.07. The fraction of sp³-hybridized carbons (Fsp3) is 0.857. The van der Waals surface area contributed by atoms with E-state index in [-0.39, 0.29) is 18.4 Å². The van der Waals surface area contributed by atoms with Crippen molar-refractivity contribution < 1.29 is 14.7 Å². The summed E-state index contributed by atoms with van der Waals surface area (Å²) < 4.78 is 0. The van der Waals surface area contributed by atoms with Crippen molar-refractivity contribution in [1.29, 1.82) is 0 Å². The SMILES string of the molecule is CC(C(=O)NCC1(C(=O)O)CCCCC1)C1CNC1. The quantitative estimate of drug-likeness (QED) is 0.695. The first-order valence-electron chi connectivity index (χ1n) is 7.27. The molecule has 1 aliphatic carbocycles. The molecular formula is C14H24N2O3. The van der Waals surface area contributed by atoms with Crippen LogP contribution < -0.4 is 10.6 Å². The summed E-state index contributed by atoms with van der Waals surface area (Å²) in [5.41, 5.74) is -0.731. The maximum absolute atomic E-state index is 12.1. The van der Waals surface area contributed by atoms with Crippen LogP contribution in [0.15, 0.2) is 0 Å². The van der Waals surface area contributed by atoms with Gasteiger partial charge in [-0.05, 0) is 31.8 Å². The third-order valence-corrected chi connectivity index (χ3v) is 4.80. The maximum atomic E-state index is 12.1. The summed E-state index contributed by atoms with van der Waals surface area (Å²) in [6, 6.07) is 0.